The molecule has 1 unspecified atom stereocenters. The normalized spacial score (nSPS) is 12.3. The highest BCUT2D eigenvalue weighted by Gasteiger charge is 2.17. The van der Waals surface area contributed by atoms with E-state index in [1.165, 1.54) is 5.56 Å². The predicted octanol–water partition coefficient (Wildman–Crippen LogP) is 5.75. The number of methoxy groups -OCH3 is 1. The zero-order chi connectivity index (χ0) is 14.0. The Kier molecular flexibility index (Phi) is 4.77. The Morgan fingerprint density at radius 2 is 1.79 bits per heavy atom. The smallest absolute Gasteiger partial charge is 0.120 e. The van der Waals surface area contributed by atoms with E-state index in [1.54, 1.807) is 13.2 Å². The van der Waals surface area contributed by atoms with Crippen molar-refractivity contribution in [2.45, 2.75) is 12.3 Å². The summed E-state index contributed by atoms with van der Waals surface area (Å²) in [6.45, 7) is 2.04. The van der Waals surface area contributed by atoms with Crippen LogP contribution in [-0.4, -0.2) is 7.11 Å². The summed E-state index contributed by atoms with van der Waals surface area (Å²) in [5, 5.41) is 0.306. The molecular weight excluding hydrogens is 347 g/mol. The average Bonchev–Trinajstić information content (AvgIpc) is 2.37. The molecule has 0 saturated carbocycles. The second-order valence-corrected chi connectivity index (χ2v) is 5.97. The van der Waals surface area contributed by atoms with Gasteiger partial charge in [-0.1, -0.05) is 45.7 Å². The number of aryl methyl sites for hydroxylation is 1. The molecule has 4 heteroatoms. The Hall–Kier alpha value is -0.700. The molecular formula is C15H13BrCl2O. The largest absolute Gasteiger partial charge is 0.497 e. The summed E-state index contributed by atoms with van der Waals surface area (Å²) in [5.41, 5.74) is 3.05. The van der Waals surface area contributed by atoms with Crippen molar-refractivity contribution in [1.29, 1.82) is 0 Å². The van der Waals surface area contributed by atoms with E-state index < -0.39 is 0 Å². The average molecular weight is 360 g/mol. The minimum Gasteiger partial charge on any atom is -0.497 e. The summed E-state index contributed by atoms with van der Waals surface area (Å²) < 4.78 is 6.12. The van der Waals surface area contributed by atoms with Crippen LogP contribution in [-0.2, 0) is 0 Å². The molecule has 19 heavy (non-hydrogen) atoms. The van der Waals surface area contributed by atoms with Gasteiger partial charge in [0, 0.05) is 9.50 Å². The molecule has 1 atom stereocenters. The number of ether oxygens (including phenoxy) is 1. The molecule has 1 nitrogen and oxygen atoms in total. The van der Waals surface area contributed by atoms with Crippen molar-refractivity contribution in [3.63, 3.8) is 0 Å². The number of alkyl halides is 1. The Labute approximate surface area is 131 Å². The fraction of sp³-hybridized carbons (Fsp3) is 0.200. The van der Waals surface area contributed by atoms with Gasteiger partial charge in [0.25, 0.3) is 0 Å². The molecule has 0 N–H and O–H groups in total. The van der Waals surface area contributed by atoms with Crippen LogP contribution in [0.15, 0.2) is 40.9 Å². The highest BCUT2D eigenvalue weighted by atomic mass is 79.9. The maximum Gasteiger partial charge on any atom is 0.120 e. The van der Waals surface area contributed by atoms with Crippen molar-refractivity contribution < 1.29 is 4.74 Å². The lowest BCUT2D eigenvalue weighted by Crippen LogP contribution is -1.96. The van der Waals surface area contributed by atoms with Crippen LogP contribution in [0.1, 0.15) is 22.1 Å². The van der Waals surface area contributed by atoms with Gasteiger partial charge in [-0.15, -0.1) is 11.6 Å². The molecule has 2 aromatic rings. The molecule has 2 rings (SSSR count). The van der Waals surface area contributed by atoms with Crippen molar-refractivity contribution >= 4 is 39.1 Å². The maximum absolute atomic E-state index is 6.53. The first-order chi connectivity index (χ1) is 9.02. The molecule has 0 radical (unpaired) electrons. The third kappa shape index (κ3) is 3.25. The van der Waals surface area contributed by atoms with Crippen LogP contribution >= 0.6 is 39.1 Å². The Morgan fingerprint density at radius 1 is 1.11 bits per heavy atom. The number of benzene rings is 2. The second-order valence-electron chi connectivity index (χ2n) is 4.27. The summed E-state index contributed by atoms with van der Waals surface area (Å²) in [5.74, 6) is 0.723. The van der Waals surface area contributed by atoms with E-state index in [9.17, 15) is 0 Å². The van der Waals surface area contributed by atoms with Gasteiger partial charge in [-0.05, 0) is 41.8 Å². The van der Waals surface area contributed by atoms with Crippen molar-refractivity contribution in [2.24, 2.45) is 0 Å². The lowest BCUT2D eigenvalue weighted by molar-refractivity contribution is 0.414. The Morgan fingerprint density at radius 3 is 2.37 bits per heavy atom. The van der Waals surface area contributed by atoms with E-state index in [4.69, 9.17) is 27.9 Å². The molecule has 0 spiro atoms. The molecule has 0 aliphatic carbocycles. The van der Waals surface area contributed by atoms with Gasteiger partial charge in [0.2, 0.25) is 0 Å². The third-order valence-electron chi connectivity index (χ3n) is 2.91. The first kappa shape index (κ1) is 14.7. The van der Waals surface area contributed by atoms with Gasteiger partial charge in [0.1, 0.15) is 5.75 Å². The van der Waals surface area contributed by atoms with Crippen LogP contribution in [0, 0.1) is 6.92 Å². The van der Waals surface area contributed by atoms with Gasteiger partial charge in [-0.3, -0.25) is 0 Å². The van der Waals surface area contributed by atoms with Crippen LogP contribution in [0.3, 0.4) is 0 Å². The predicted molar refractivity (Wildman–Crippen MR) is 84.6 cm³/mol. The Bertz CT molecular complexity index is 599. The van der Waals surface area contributed by atoms with Crippen LogP contribution in [0.25, 0.3) is 0 Å². The highest BCUT2D eigenvalue weighted by Crippen LogP contribution is 2.38. The first-order valence-electron chi connectivity index (χ1n) is 5.76. The molecule has 0 aliphatic rings. The van der Waals surface area contributed by atoms with Gasteiger partial charge in [-0.25, -0.2) is 0 Å². The van der Waals surface area contributed by atoms with Crippen molar-refractivity contribution in [3.8, 4) is 5.75 Å². The SMILES string of the molecule is COc1ccc(C(Cl)c2ccc(C)cc2Br)c(Cl)c1. The van der Waals surface area contributed by atoms with E-state index in [2.05, 4.69) is 15.9 Å². The molecule has 0 heterocycles. The van der Waals surface area contributed by atoms with Crippen LogP contribution in [0.2, 0.25) is 5.02 Å². The maximum atomic E-state index is 6.53. The van der Waals surface area contributed by atoms with Crippen LogP contribution in [0.4, 0.5) is 0 Å². The van der Waals surface area contributed by atoms with Crippen molar-refractivity contribution in [3.05, 3.63) is 62.6 Å². The summed E-state index contributed by atoms with van der Waals surface area (Å²) in [6.07, 6.45) is 0. The van der Waals surface area contributed by atoms with E-state index >= 15 is 0 Å². The number of hydrogen-bond donors (Lipinski definition) is 0. The molecule has 0 amide bonds. The standard InChI is InChI=1S/C15H13BrCl2O/c1-9-3-5-11(13(16)7-9)15(18)12-6-4-10(19-2)8-14(12)17/h3-8,15H,1-2H3. The van der Waals surface area contributed by atoms with Gasteiger partial charge in [-0.2, -0.15) is 0 Å². The number of hydrogen-bond acceptors (Lipinski definition) is 1. The lowest BCUT2D eigenvalue weighted by atomic mass is 10.0. The zero-order valence-corrected chi connectivity index (χ0v) is 13.7. The third-order valence-corrected chi connectivity index (χ3v) is 4.39. The van der Waals surface area contributed by atoms with Gasteiger partial charge in [0.15, 0.2) is 0 Å². The molecule has 0 fully saturated rings. The lowest BCUT2D eigenvalue weighted by Gasteiger charge is -2.15. The summed E-state index contributed by atoms with van der Waals surface area (Å²) in [7, 11) is 1.61. The van der Waals surface area contributed by atoms with Gasteiger partial charge < -0.3 is 4.74 Å². The summed E-state index contributed by atoms with van der Waals surface area (Å²) >= 11 is 16.3. The number of halogens is 3. The summed E-state index contributed by atoms with van der Waals surface area (Å²) in [4.78, 5) is 0. The highest BCUT2D eigenvalue weighted by molar-refractivity contribution is 9.10. The van der Waals surface area contributed by atoms with Crippen molar-refractivity contribution in [2.75, 3.05) is 7.11 Å². The molecule has 0 saturated heterocycles. The van der Waals surface area contributed by atoms with E-state index in [-0.39, 0.29) is 5.38 Å². The van der Waals surface area contributed by atoms with E-state index in [0.29, 0.717) is 5.02 Å². The quantitative estimate of drug-likeness (QED) is 0.634. The molecule has 0 aromatic heterocycles. The second kappa shape index (κ2) is 6.17. The first-order valence-corrected chi connectivity index (χ1v) is 7.37. The molecule has 0 bridgehead atoms. The topological polar surface area (TPSA) is 9.23 Å². The zero-order valence-electron chi connectivity index (χ0n) is 10.6. The van der Waals surface area contributed by atoms with Crippen molar-refractivity contribution in [1.82, 2.24) is 0 Å². The minimum atomic E-state index is -0.298. The number of rotatable bonds is 3. The Balaban J connectivity index is 2.41. The van der Waals surface area contributed by atoms with E-state index in [0.717, 1.165) is 21.3 Å². The van der Waals surface area contributed by atoms with Crippen LogP contribution < -0.4 is 4.74 Å². The van der Waals surface area contributed by atoms with Gasteiger partial charge in [0.05, 0.1) is 12.5 Å². The minimum absolute atomic E-state index is 0.298. The van der Waals surface area contributed by atoms with E-state index in [1.807, 2.05) is 37.3 Å². The molecule has 2 aromatic carbocycles. The fourth-order valence-electron chi connectivity index (χ4n) is 1.85. The summed E-state index contributed by atoms with van der Waals surface area (Å²) in [6, 6.07) is 11.6. The van der Waals surface area contributed by atoms with Gasteiger partial charge >= 0.3 is 0 Å². The molecule has 100 valence electrons. The molecule has 0 aliphatic heterocycles. The van der Waals surface area contributed by atoms with Crippen LogP contribution in [0.5, 0.6) is 5.75 Å². The fourth-order valence-corrected chi connectivity index (χ4v) is 3.42. The monoisotopic (exact) mass is 358 g/mol.